The molecule has 7 rings (SSSR count). The minimum Gasteiger partial charge on any atom is -0.475 e. The maximum absolute atomic E-state index is 14.6. The Kier molecular flexibility index (Phi) is 9.00. The quantitative estimate of drug-likeness (QED) is 0.238. The van der Waals surface area contributed by atoms with Gasteiger partial charge < -0.3 is 14.5 Å². The lowest BCUT2D eigenvalue weighted by Gasteiger charge is -2.45. The molecule has 1 amide bonds. The van der Waals surface area contributed by atoms with Gasteiger partial charge in [-0.05, 0) is 93.5 Å². The highest BCUT2D eigenvalue weighted by atomic mass is 32.2. The van der Waals surface area contributed by atoms with Crippen LogP contribution in [0, 0.1) is 25.2 Å². The Hall–Kier alpha value is -4.58. The first-order chi connectivity index (χ1) is 23.8. The van der Waals surface area contributed by atoms with Gasteiger partial charge in [0.15, 0.2) is 0 Å². The lowest BCUT2D eigenvalue weighted by molar-refractivity contribution is 0.0317. The average Bonchev–Trinajstić information content (AvgIpc) is 3.49. The molecule has 2 fully saturated rings. The van der Waals surface area contributed by atoms with Crippen molar-refractivity contribution in [1.29, 1.82) is 0 Å². The third-order valence-electron chi connectivity index (χ3n) is 10.3. The number of fused-ring (bicyclic) bond motifs is 4. The number of rotatable bonds is 6. The number of nitrogens with zero attached hydrogens (tertiary/aromatic N) is 6. The van der Waals surface area contributed by atoms with Crippen LogP contribution in [-0.4, -0.2) is 64.4 Å². The number of hydrogen-bond donors (Lipinski definition) is 1. The van der Waals surface area contributed by atoms with Crippen molar-refractivity contribution in [3.8, 4) is 17.1 Å². The lowest BCUT2D eigenvalue weighted by Crippen LogP contribution is -2.46. The van der Waals surface area contributed by atoms with Gasteiger partial charge in [0, 0.05) is 29.8 Å². The van der Waals surface area contributed by atoms with Gasteiger partial charge in [0.2, 0.25) is 11.8 Å². The number of sulfonamides is 1. The summed E-state index contributed by atoms with van der Waals surface area (Å²) < 4.78 is 36.5. The van der Waals surface area contributed by atoms with Crippen LogP contribution in [0.15, 0.2) is 65.8 Å². The first-order valence-electron chi connectivity index (χ1n) is 17.5. The van der Waals surface area contributed by atoms with Crippen molar-refractivity contribution in [3.05, 3.63) is 83.3 Å². The molecule has 4 bridgehead atoms. The van der Waals surface area contributed by atoms with Gasteiger partial charge in [-0.3, -0.25) is 9.78 Å². The Morgan fingerprint density at radius 1 is 1.00 bits per heavy atom. The van der Waals surface area contributed by atoms with E-state index in [1.54, 1.807) is 35.5 Å². The van der Waals surface area contributed by atoms with Gasteiger partial charge in [-0.1, -0.05) is 38.1 Å². The molecule has 2 atom stereocenters. The molecule has 4 heterocycles. The molecule has 2 aliphatic heterocycles. The monoisotopic (exact) mass is 695 g/mol. The number of benzene rings is 2. The highest BCUT2D eigenvalue weighted by molar-refractivity contribution is 7.92. The molecule has 0 spiro atoms. The van der Waals surface area contributed by atoms with Crippen molar-refractivity contribution in [2.45, 2.75) is 90.2 Å². The first kappa shape index (κ1) is 33.9. The van der Waals surface area contributed by atoms with Crippen molar-refractivity contribution in [2.24, 2.45) is 11.3 Å². The smallest absolute Gasteiger partial charge is 0.264 e. The summed E-state index contributed by atoms with van der Waals surface area (Å²) in [5.74, 6) is 1.01. The molecular weight excluding hydrogens is 651 g/mol. The van der Waals surface area contributed by atoms with Gasteiger partial charge in [0.25, 0.3) is 15.9 Å². The van der Waals surface area contributed by atoms with Crippen LogP contribution in [0.3, 0.4) is 0 Å². The lowest BCUT2D eigenvalue weighted by atomic mass is 9.63. The van der Waals surface area contributed by atoms with Crippen LogP contribution in [0.4, 0.5) is 11.8 Å². The highest BCUT2D eigenvalue weighted by Gasteiger charge is 2.39. The van der Waals surface area contributed by atoms with E-state index in [0.29, 0.717) is 29.8 Å². The van der Waals surface area contributed by atoms with Gasteiger partial charge in [-0.2, -0.15) is 4.98 Å². The van der Waals surface area contributed by atoms with E-state index in [-0.39, 0.29) is 52.8 Å². The summed E-state index contributed by atoms with van der Waals surface area (Å²) in [5.41, 5.74) is 4.55. The van der Waals surface area contributed by atoms with E-state index < -0.39 is 10.0 Å². The number of anilines is 2. The van der Waals surface area contributed by atoms with E-state index in [1.165, 1.54) is 12.1 Å². The van der Waals surface area contributed by atoms with Gasteiger partial charge >= 0.3 is 0 Å². The summed E-state index contributed by atoms with van der Waals surface area (Å²) in [7, 11) is -4.17. The van der Waals surface area contributed by atoms with Gasteiger partial charge in [-0.25, -0.2) is 23.1 Å². The van der Waals surface area contributed by atoms with E-state index in [4.69, 9.17) is 9.72 Å². The summed E-state index contributed by atoms with van der Waals surface area (Å²) >= 11 is 0. The third-order valence-corrected chi connectivity index (χ3v) is 11.6. The molecule has 1 saturated carbocycles. The maximum Gasteiger partial charge on any atom is 0.264 e. The molecule has 3 aliphatic rings. The van der Waals surface area contributed by atoms with E-state index >= 15 is 0 Å². The summed E-state index contributed by atoms with van der Waals surface area (Å²) in [4.78, 5) is 37.3. The summed E-state index contributed by atoms with van der Waals surface area (Å²) in [6.45, 7) is 12.0. The van der Waals surface area contributed by atoms with Crippen LogP contribution in [0.5, 0.6) is 5.88 Å². The standard InChI is InChI=1S/C38H45N7O4S/c1-24-9-6-10-25(2)35(24)32-17-34-42-37(41-32)43-50(47,48)31-13-7-12-28(16-31)36(46)45(30(23-49-34)15-27-18-38(4,5)19-27)22-29-20-39-21-33(40-29)44-14-8-11-26(44)3/h6-7,9-10,12-13,16-17,20-21,26-27,30H,8,11,14-15,18-19,22-23H2,1-5H3,(H,41,42,43)/t26-,30-/m1/s1. The first-order valence-corrected chi connectivity index (χ1v) is 18.9. The van der Waals surface area contributed by atoms with E-state index in [9.17, 15) is 13.2 Å². The zero-order valence-corrected chi connectivity index (χ0v) is 30.2. The SMILES string of the molecule is Cc1cccc(C)c1-c1cc2nc(n1)NS(=O)(=O)c1cccc(c1)C(=O)N(Cc1cncc(N3CCC[C@H]3C)n1)[C@H](CC1CC(C)(C)C1)CO2. The molecule has 12 heteroatoms. The maximum atomic E-state index is 14.6. The Labute approximate surface area is 294 Å². The number of carbonyl (C=O) groups excluding carboxylic acids is 1. The largest absolute Gasteiger partial charge is 0.475 e. The number of aryl methyl sites for hydroxylation is 2. The fraction of sp³-hybridized carbons (Fsp3) is 0.447. The molecule has 1 aliphatic carbocycles. The second kappa shape index (κ2) is 13.3. The van der Waals surface area contributed by atoms with Crippen molar-refractivity contribution >= 4 is 27.7 Å². The Morgan fingerprint density at radius 3 is 2.48 bits per heavy atom. The van der Waals surface area contributed by atoms with Crippen LogP contribution in [0.1, 0.15) is 80.1 Å². The molecule has 2 aromatic carbocycles. The number of aromatic nitrogens is 4. The molecule has 11 nitrogen and oxygen atoms in total. The average molecular weight is 696 g/mol. The predicted molar refractivity (Wildman–Crippen MR) is 193 cm³/mol. The Bertz CT molecular complexity index is 2010. The number of hydrogen-bond acceptors (Lipinski definition) is 9. The van der Waals surface area contributed by atoms with Gasteiger partial charge in [0.1, 0.15) is 12.4 Å². The summed E-state index contributed by atoms with van der Waals surface area (Å²) in [6, 6.07) is 13.8. The van der Waals surface area contributed by atoms with Crippen molar-refractivity contribution in [1.82, 2.24) is 24.8 Å². The van der Waals surface area contributed by atoms with E-state index in [0.717, 1.165) is 54.7 Å². The van der Waals surface area contributed by atoms with E-state index in [1.807, 2.05) is 32.0 Å². The van der Waals surface area contributed by atoms with Crippen LogP contribution in [-0.2, 0) is 16.6 Å². The predicted octanol–water partition coefficient (Wildman–Crippen LogP) is 6.57. The second-order valence-corrected chi connectivity index (χ2v) is 16.6. The zero-order valence-electron chi connectivity index (χ0n) is 29.4. The molecular formula is C38H45N7O4S. The highest BCUT2D eigenvalue weighted by Crippen LogP contribution is 2.47. The Balaban J connectivity index is 1.33. The topological polar surface area (TPSA) is 131 Å². The van der Waals surface area contributed by atoms with Gasteiger partial charge in [0.05, 0.1) is 41.3 Å². The van der Waals surface area contributed by atoms with E-state index in [2.05, 4.69) is 45.3 Å². The normalized spacial score (nSPS) is 21.7. The Morgan fingerprint density at radius 2 is 1.76 bits per heavy atom. The number of ether oxygens (including phenoxy) is 1. The summed E-state index contributed by atoms with van der Waals surface area (Å²) in [5, 5.41) is 0. The molecule has 0 radical (unpaired) electrons. The van der Waals surface area contributed by atoms with Crippen LogP contribution in [0.2, 0.25) is 0 Å². The van der Waals surface area contributed by atoms with Crippen molar-refractivity contribution in [2.75, 3.05) is 22.8 Å². The van der Waals surface area contributed by atoms with Crippen LogP contribution in [0.25, 0.3) is 11.3 Å². The fourth-order valence-corrected chi connectivity index (χ4v) is 8.97. The molecule has 1 saturated heterocycles. The molecule has 0 unspecified atom stereocenters. The number of amides is 1. The van der Waals surface area contributed by atoms with Crippen molar-refractivity contribution in [3.63, 3.8) is 0 Å². The molecule has 4 aromatic rings. The molecule has 262 valence electrons. The third kappa shape index (κ3) is 7.03. The molecule has 1 N–H and O–H groups in total. The molecule has 50 heavy (non-hydrogen) atoms. The number of carbonyl (C=O) groups is 1. The van der Waals surface area contributed by atoms with Gasteiger partial charge in [-0.15, -0.1) is 0 Å². The van der Waals surface area contributed by atoms with Crippen LogP contribution >= 0.6 is 0 Å². The summed E-state index contributed by atoms with van der Waals surface area (Å²) in [6.07, 6.45) is 8.48. The second-order valence-electron chi connectivity index (χ2n) is 14.9. The van der Waals surface area contributed by atoms with Crippen LogP contribution < -0.4 is 14.4 Å². The van der Waals surface area contributed by atoms with Crippen molar-refractivity contribution < 1.29 is 17.9 Å². The molecule has 2 aromatic heterocycles. The fourth-order valence-electron chi connectivity index (χ4n) is 7.98. The minimum atomic E-state index is -4.17. The zero-order chi connectivity index (χ0) is 35.2. The minimum absolute atomic E-state index is 0.0619. The number of nitrogens with one attached hydrogen (secondary N) is 1.